The predicted octanol–water partition coefficient (Wildman–Crippen LogP) is 4.24. The van der Waals surface area contributed by atoms with Gasteiger partial charge in [-0.3, -0.25) is 4.79 Å². The number of alkyl carbamates (subject to hydrolysis) is 1. The van der Waals surface area contributed by atoms with E-state index in [2.05, 4.69) is 10.6 Å². The normalized spacial score (nSPS) is 12.4. The Labute approximate surface area is 212 Å². The van der Waals surface area contributed by atoms with Crippen LogP contribution in [-0.4, -0.2) is 35.8 Å². The van der Waals surface area contributed by atoms with E-state index in [-0.39, 0.29) is 25.0 Å². The Morgan fingerprint density at radius 3 is 1.92 bits per heavy atom. The van der Waals surface area contributed by atoms with Crippen molar-refractivity contribution in [3.8, 4) is 5.75 Å². The van der Waals surface area contributed by atoms with Crippen molar-refractivity contribution in [3.63, 3.8) is 0 Å². The fourth-order valence-electron chi connectivity index (χ4n) is 3.63. The molecule has 0 fully saturated rings. The topological polar surface area (TPSA) is 96.9 Å². The third-order valence-corrected chi connectivity index (χ3v) is 5.66. The summed E-state index contributed by atoms with van der Waals surface area (Å²) < 4.78 is 11.1. The summed E-state index contributed by atoms with van der Waals surface area (Å²) in [6.45, 7) is 4.03. The van der Waals surface area contributed by atoms with Gasteiger partial charge in [-0.15, -0.1) is 0 Å². The van der Waals surface area contributed by atoms with Crippen molar-refractivity contribution < 1.29 is 24.2 Å². The van der Waals surface area contributed by atoms with Gasteiger partial charge in [0, 0.05) is 0 Å². The van der Waals surface area contributed by atoms with E-state index in [1.807, 2.05) is 98.8 Å². The molecular weight excluding hydrogens is 456 g/mol. The van der Waals surface area contributed by atoms with E-state index < -0.39 is 18.2 Å². The van der Waals surface area contributed by atoms with Crippen LogP contribution in [0.1, 0.15) is 30.5 Å². The molecule has 0 spiro atoms. The first-order valence-electron chi connectivity index (χ1n) is 12.1. The largest absolute Gasteiger partial charge is 0.489 e. The van der Waals surface area contributed by atoms with Gasteiger partial charge in [0.05, 0.1) is 12.6 Å². The quantitative estimate of drug-likeness (QED) is 0.353. The molecule has 0 saturated carbocycles. The van der Waals surface area contributed by atoms with Crippen LogP contribution in [0.4, 0.5) is 4.79 Å². The van der Waals surface area contributed by atoms with Crippen LogP contribution in [0.2, 0.25) is 0 Å². The number of hydrogen-bond donors (Lipinski definition) is 3. The Hall–Kier alpha value is -3.84. The summed E-state index contributed by atoms with van der Waals surface area (Å²) in [5, 5.41) is 15.4. The molecule has 1 unspecified atom stereocenters. The molecule has 3 N–H and O–H groups in total. The zero-order valence-electron chi connectivity index (χ0n) is 20.7. The van der Waals surface area contributed by atoms with E-state index >= 15 is 0 Å². The van der Waals surface area contributed by atoms with Crippen LogP contribution in [0.25, 0.3) is 0 Å². The van der Waals surface area contributed by atoms with Crippen molar-refractivity contribution in [3.05, 3.63) is 102 Å². The molecule has 2 atom stereocenters. The van der Waals surface area contributed by atoms with E-state index in [1.165, 1.54) is 0 Å². The molecule has 0 heterocycles. The van der Waals surface area contributed by atoms with Crippen molar-refractivity contribution in [2.24, 2.45) is 5.92 Å². The monoisotopic (exact) mass is 490 g/mol. The molecule has 0 aliphatic carbocycles. The summed E-state index contributed by atoms with van der Waals surface area (Å²) in [6.07, 6.45) is -0.232. The molecule has 0 bridgehead atoms. The van der Waals surface area contributed by atoms with Crippen LogP contribution in [0, 0.1) is 5.92 Å². The summed E-state index contributed by atoms with van der Waals surface area (Å²) in [6, 6.07) is 25.5. The molecule has 2 amide bonds. The minimum atomic E-state index is -0.795. The number of aliphatic hydroxyl groups excluding tert-OH is 1. The number of carbonyl (C=O) groups excluding carboxylic acids is 2. The number of benzene rings is 3. The Morgan fingerprint density at radius 1 is 0.778 bits per heavy atom. The number of aliphatic hydroxyl groups is 1. The standard InChI is InChI=1S/C29H34N2O5/c1-21(2)27(31-29(34)36-20-24-11-7-4-8-12-24)28(33)30-25(18-32)17-22-13-15-26(16-14-22)35-19-23-9-5-3-6-10-23/h3-16,21,25,27,32H,17-20H2,1-2H3,(H,30,33)(H,31,34)/t25?,27-/m0/s1. The molecule has 0 aliphatic rings. The van der Waals surface area contributed by atoms with Crippen LogP contribution in [0.3, 0.4) is 0 Å². The van der Waals surface area contributed by atoms with Gasteiger partial charge in [-0.1, -0.05) is 86.6 Å². The van der Waals surface area contributed by atoms with Crippen molar-refractivity contribution in [2.75, 3.05) is 6.61 Å². The molecule has 36 heavy (non-hydrogen) atoms. The van der Waals surface area contributed by atoms with Crippen molar-refractivity contribution in [1.29, 1.82) is 0 Å². The highest BCUT2D eigenvalue weighted by molar-refractivity contribution is 5.86. The molecule has 0 saturated heterocycles. The highest BCUT2D eigenvalue weighted by Gasteiger charge is 2.26. The number of hydrogen-bond acceptors (Lipinski definition) is 5. The lowest BCUT2D eigenvalue weighted by molar-refractivity contribution is -0.125. The first-order valence-corrected chi connectivity index (χ1v) is 12.1. The summed E-state index contributed by atoms with van der Waals surface area (Å²) >= 11 is 0. The molecule has 3 aromatic rings. The third-order valence-electron chi connectivity index (χ3n) is 5.66. The lowest BCUT2D eigenvalue weighted by atomic mass is 10.0. The Bertz CT molecular complexity index is 1070. The summed E-state index contributed by atoms with van der Waals surface area (Å²) in [5.74, 6) is 0.198. The Balaban J connectivity index is 1.49. The average molecular weight is 491 g/mol. The highest BCUT2D eigenvalue weighted by atomic mass is 16.5. The van der Waals surface area contributed by atoms with Gasteiger partial charge in [0.25, 0.3) is 0 Å². The second kappa shape index (κ2) is 13.9. The predicted molar refractivity (Wildman–Crippen MR) is 138 cm³/mol. The van der Waals surface area contributed by atoms with E-state index in [0.29, 0.717) is 13.0 Å². The third kappa shape index (κ3) is 8.74. The molecule has 0 aromatic heterocycles. The second-order valence-corrected chi connectivity index (χ2v) is 8.94. The van der Waals surface area contributed by atoms with Crippen LogP contribution in [0.15, 0.2) is 84.9 Å². The minimum Gasteiger partial charge on any atom is -0.489 e. The van der Waals surface area contributed by atoms with Crippen LogP contribution < -0.4 is 15.4 Å². The highest BCUT2D eigenvalue weighted by Crippen LogP contribution is 2.16. The van der Waals surface area contributed by atoms with Gasteiger partial charge in [-0.05, 0) is 41.2 Å². The second-order valence-electron chi connectivity index (χ2n) is 8.94. The maximum Gasteiger partial charge on any atom is 0.408 e. The fourth-order valence-corrected chi connectivity index (χ4v) is 3.63. The molecule has 0 radical (unpaired) electrons. The van der Waals surface area contributed by atoms with Crippen molar-refractivity contribution in [2.45, 2.75) is 45.6 Å². The number of amides is 2. The number of nitrogens with one attached hydrogen (secondary N) is 2. The van der Waals surface area contributed by atoms with Crippen LogP contribution in [0.5, 0.6) is 5.75 Å². The fraction of sp³-hybridized carbons (Fsp3) is 0.310. The lowest BCUT2D eigenvalue weighted by Crippen LogP contribution is -2.53. The number of carbonyl (C=O) groups is 2. The van der Waals surface area contributed by atoms with Crippen LogP contribution >= 0.6 is 0 Å². The molecule has 0 aliphatic heterocycles. The zero-order valence-corrected chi connectivity index (χ0v) is 20.7. The maximum atomic E-state index is 12.9. The molecule has 7 heteroatoms. The Kier molecular flexibility index (Phi) is 10.3. The van der Waals surface area contributed by atoms with Gasteiger partial charge < -0.3 is 25.2 Å². The molecular formula is C29H34N2O5. The molecule has 7 nitrogen and oxygen atoms in total. The van der Waals surface area contributed by atoms with Crippen molar-refractivity contribution in [1.82, 2.24) is 10.6 Å². The first-order chi connectivity index (χ1) is 17.4. The van der Waals surface area contributed by atoms with Gasteiger partial charge >= 0.3 is 6.09 Å². The number of rotatable bonds is 12. The SMILES string of the molecule is CC(C)[C@H](NC(=O)OCc1ccccc1)C(=O)NC(CO)Cc1ccc(OCc2ccccc2)cc1. The smallest absolute Gasteiger partial charge is 0.408 e. The van der Waals surface area contributed by atoms with Gasteiger partial charge in [-0.25, -0.2) is 4.79 Å². The van der Waals surface area contributed by atoms with Gasteiger partial charge in [0.2, 0.25) is 5.91 Å². The van der Waals surface area contributed by atoms with E-state index in [0.717, 1.165) is 22.4 Å². The van der Waals surface area contributed by atoms with E-state index in [4.69, 9.17) is 9.47 Å². The summed E-state index contributed by atoms with van der Waals surface area (Å²) in [5.41, 5.74) is 2.88. The Morgan fingerprint density at radius 2 is 1.36 bits per heavy atom. The van der Waals surface area contributed by atoms with Crippen molar-refractivity contribution >= 4 is 12.0 Å². The van der Waals surface area contributed by atoms with Gasteiger partial charge in [0.15, 0.2) is 0 Å². The minimum absolute atomic E-state index is 0.115. The van der Waals surface area contributed by atoms with Gasteiger partial charge in [0.1, 0.15) is 25.0 Å². The molecule has 190 valence electrons. The first kappa shape index (κ1) is 26.8. The zero-order chi connectivity index (χ0) is 25.8. The maximum absolute atomic E-state index is 12.9. The molecule has 3 rings (SSSR count). The van der Waals surface area contributed by atoms with E-state index in [1.54, 1.807) is 0 Å². The lowest BCUT2D eigenvalue weighted by Gasteiger charge is -2.24. The number of ether oxygens (including phenoxy) is 2. The summed E-state index contributed by atoms with van der Waals surface area (Å²) in [4.78, 5) is 25.2. The summed E-state index contributed by atoms with van der Waals surface area (Å²) in [7, 11) is 0. The van der Waals surface area contributed by atoms with Crippen LogP contribution in [-0.2, 0) is 29.2 Å². The van der Waals surface area contributed by atoms with Gasteiger partial charge in [-0.2, -0.15) is 0 Å². The average Bonchev–Trinajstić information content (AvgIpc) is 2.90. The van der Waals surface area contributed by atoms with E-state index in [9.17, 15) is 14.7 Å². The molecule has 3 aromatic carbocycles.